The number of pyridine rings is 1. The molecule has 2 aromatic carbocycles. The van der Waals surface area contributed by atoms with Crippen molar-refractivity contribution in [1.29, 1.82) is 5.26 Å². The van der Waals surface area contributed by atoms with Crippen molar-refractivity contribution >= 4 is 53.0 Å². The molecule has 0 N–H and O–H groups in total. The highest BCUT2D eigenvalue weighted by molar-refractivity contribution is 7.16. The van der Waals surface area contributed by atoms with Crippen LogP contribution in [0, 0.1) is 34.3 Å². The number of carbonyl (C=O) groups excluding carboxylic acids is 1. The van der Waals surface area contributed by atoms with Crippen LogP contribution in [0.15, 0.2) is 36.4 Å². The predicted octanol–water partition coefficient (Wildman–Crippen LogP) is 7.97. The van der Waals surface area contributed by atoms with Gasteiger partial charge in [0.1, 0.15) is 28.0 Å². The molecule has 1 unspecified atom stereocenters. The zero-order valence-electron chi connectivity index (χ0n) is 30.6. The van der Waals surface area contributed by atoms with Crippen LogP contribution in [0.1, 0.15) is 55.9 Å². The molecule has 0 radical (unpaired) electrons. The summed E-state index contributed by atoms with van der Waals surface area (Å²) in [5, 5.41) is 11.3. The van der Waals surface area contributed by atoms with Gasteiger partial charge in [0.05, 0.1) is 30.0 Å². The highest BCUT2D eigenvalue weighted by atomic mass is 32.1. The van der Waals surface area contributed by atoms with E-state index in [1.165, 1.54) is 23.5 Å². The molecule has 2 atom stereocenters. The highest BCUT2D eigenvalue weighted by Gasteiger charge is 2.54. The molecule has 272 valence electrons. The first-order chi connectivity index (χ1) is 24.7. The van der Waals surface area contributed by atoms with Crippen molar-refractivity contribution in [1.82, 2.24) is 14.9 Å². The van der Waals surface area contributed by atoms with Crippen LogP contribution >= 0.6 is 11.3 Å². The zero-order chi connectivity index (χ0) is 36.7. The van der Waals surface area contributed by atoms with Gasteiger partial charge in [0.25, 0.3) is 0 Å². The Hall–Kier alpha value is -3.96. The summed E-state index contributed by atoms with van der Waals surface area (Å²) in [6.45, 7) is 15.2. The Morgan fingerprint density at radius 3 is 2.50 bits per heavy atom. The lowest BCUT2D eigenvalue weighted by molar-refractivity contribution is -0.149. The van der Waals surface area contributed by atoms with E-state index in [4.69, 9.17) is 19.1 Å². The monoisotopic (exact) mass is 742 g/mol. The van der Waals surface area contributed by atoms with Crippen LogP contribution in [-0.4, -0.2) is 75.5 Å². The molecule has 9 nitrogen and oxygen atoms in total. The Bertz CT molecular complexity index is 2110. The first-order valence-corrected chi connectivity index (χ1v) is 21.8. The Balaban J connectivity index is 1.16. The first kappa shape index (κ1) is 35.1. The molecular weight excluding hydrogens is 699 g/mol. The van der Waals surface area contributed by atoms with Crippen molar-refractivity contribution in [3.05, 3.63) is 64.2 Å². The van der Waals surface area contributed by atoms with Crippen LogP contribution in [0.25, 0.3) is 22.2 Å². The number of halogens is 2. The third kappa shape index (κ3) is 5.88. The molecule has 8 rings (SSSR count). The topological polar surface area (TPSA) is 94.8 Å². The molecule has 13 heteroatoms. The van der Waals surface area contributed by atoms with Gasteiger partial charge in [0, 0.05) is 67.4 Å². The van der Waals surface area contributed by atoms with Crippen molar-refractivity contribution in [3.8, 4) is 17.3 Å². The Labute approximate surface area is 308 Å². The number of thiazole rings is 1. The van der Waals surface area contributed by atoms with Crippen LogP contribution in [-0.2, 0) is 20.4 Å². The van der Waals surface area contributed by atoms with Crippen molar-refractivity contribution in [2.75, 3.05) is 56.2 Å². The molecular formula is C39H44F2N6O3SSi. The standard InChI is InChI=1S/C39H44F2N6O3SSi/c1-38(2,3)52(5,6)50-30-12-11-27-34(30)43-33-28(35(27)45(4)37-44-32(31(17-42)51-37)23-7-9-25(40)10-8-23)15-26(16-29(33)41)46-19-39(20-46)21-47(22-39)36(48)24-13-14-49-18-24/h7-10,15-16,24,30H,11-14,18-22H2,1-6H3/t24-,30?/m0/s1. The lowest BCUT2D eigenvalue weighted by Crippen LogP contribution is -2.73. The summed E-state index contributed by atoms with van der Waals surface area (Å²) in [5.74, 6) is -0.615. The summed E-state index contributed by atoms with van der Waals surface area (Å²) in [5.41, 5.74) is 4.77. The molecule has 0 saturated carbocycles. The van der Waals surface area contributed by atoms with Crippen LogP contribution < -0.4 is 9.80 Å². The maximum Gasteiger partial charge on any atom is 0.228 e. The zero-order valence-corrected chi connectivity index (χ0v) is 32.4. The van der Waals surface area contributed by atoms with E-state index in [-0.39, 0.29) is 39.7 Å². The van der Waals surface area contributed by atoms with Gasteiger partial charge in [0.2, 0.25) is 5.91 Å². The molecule has 1 amide bonds. The normalized spacial score (nSPS) is 20.9. The van der Waals surface area contributed by atoms with Crippen molar-refractivity contribution in [2.45, 2.75) is 64.3 Å². The maximum atomic E-state index is 16.5. The molecule has 2 aromatic heterocycles. The Morgan fingerprint density at radius 1 is 1.12 bits per heavy atom. The van der Waals surface area contributed by atoms with Gasteiger partial charge in [-0.3, -0.25) is 4.79 Å². The second-order valence-corrected chi connectivity index (χ2v) is 22.3. The Morgan fingerprint density at radius 2 is 1.85 bits per heavy atom. The van der Waals surface area contributed by atoms with E-state index in [0.29, 0.717) is 46.3 Å². The molecule has 3 aliphatic heterocycles. The molecule has 0 bridgehead atoms. The number of benzene rings is 2. The van der Waals surface area contributed by atoms with Gasteiger partial charge < -0.3 is 23.9 Å². The molecule has 1 spiro atoms. The number of hydrogen-bond acceptors (Lipinski definition) is 9. The minimum Gasteiger partial charge on any atom is -0.408 e. The number of carbonyl (C=O) groups is 1. The minimum atomic E-state index is -2.19. The second kappa shape index (κ2) is 12.6. The number of amides is 1. The fraction of sp³-hybridized carbons (Fsp3) is 0.487. The third-order valence-corrected chi connectivity index (χ3v) is 17.4. The second-order valence-electron chi connectivity index (χ2n) is 16.5. The van der Waals surface area contributed by atoms with E-state index >= 15 is 4.39 Å². The fourth-order valence-corrected chi connectivity index (χ4v) is 10.1. The summed E-state index contributed by atoms with van der Waals surface area (Å²) in [7, 11) is -0.283. The SMILES string of the molecule is CN(c1nc(-c2ccc(F)cc2)c(C#N)s1)c1c2c(nc3c(F)cc(N4CC5(CN(C(=O)[C@H]6CCOC6)C5)C4)cc13)C(O[Si](C)(C)C(C)(C)C)CC2. The van der Waals surface area contributed by atoms with Gasteiger partial charge in [-0.1, -0.05) is 32.1 Å². The quantitative estimate of drug-likeness (QED) is 0.176. The van der Waals surface area contributed by atoms with E-state index in [1.807, 2.05) is 22.9 Å². The maximum absolute atomic E-state index is 16.5. The number of anilines is 3. The number of nitriles is 1. The summed E-state index contributed by atoms with van der Waals surface area (Å²) < 4.78 is 42.6. The average molecular weight is 743 g/mol. The lowest BCUT2D eigenvalue weighted by atomic mass is 9.72. The highest BCUT2D eigenvalue weighted by Crippen LogP contribution is 2.50. The predicted molar refractivity (Wildman–Crippen MR) is 201 cm³/mol. The summed E-state index contributed by atoms with van der Waals surface area (Å²) in [4.78, 5) is 29.4. The average Bonchev–Trinajstić information content (AvgIpc) is 3.83. The van der Waals surface area contributed by atoms with E-state index in [0.717, 1.165) is 61.7 Å². The van der Waals surface area contributed by atoms with Crippen molar-refractivity contribution < 1.29 is 22.7 Å². The van der Waals surface area contributed by atoms with Gasteiger partial charge in [0.15, 0.2) is 19.3 Å². The molecule has 3 fully saturated rings. The van der Waals surface area contributed by atoms with Crippen LogP contribution in [0.3, 0.4) is 0 Å². The van der Waals surface area contributed by atoms with E-state index in [1.54, 1.807) is 18.2 Å². The molecule has 1 aliphatic carbocycles. The summed E-state index contributed by atoms with van der Waals surface area (Å²) >= 11 is 1.25. The summed E-state index contributed by atoms with van der Waals surface area (Å²) in [6.07, 6.45) is 1.96. The number of ether oxygens (including phenoxy) is 1. The number of nitrogens with zero attached hydrogens (tertiary/aromatic N) is 6. The van der Waals surface area contributed by atoms with E-state index < -0.39 is 14.1 Å². The van der Waals surface area contributed by atoms with Crippen molar-refractivity contribution in [2.24, 2.45) is 11.3 Å². The van der Waals surface area contributed by atoms with Crippen LogP contribution in [0.4, 0.5) is 25.3 Å². The number of aromatic nitrogens is 2. The largest absolute Gasteiger partial charge is 0.408 e. The molecule has 3 saturated heterocycles. The minimum absolute atomic E-state index is 0.0119. The van der Waals surface area contributed by atoms with Crippen LogP contribution in [0.5, 0.6) is 0 Å². The van der Waals surface area contributed by atoms with Gasteiger partial charge in [-0.2, -0.15) is 5.26 Å². The number of rotatable bonds is 7. The number of fused-ring (bicyclic) bond motifs is 2. The molecule has 4 aliphatic rings. The van der Waals surface area contributed by atoms with Crippen LogP contribution in [0.2, 0.25) is 18.1 Å². The smallest absolute Gasteiger partial charge is 0.228 e. The first-order valence-electron chi connectivity index (χ1n) is 18.0. The third-order valence-electron chi connectivity index (χ3n) is 11.9. The molecule has 5 heterocycles. The number of likely N-dealkylation sites (tertiary alicyclic amines) is 1. The van der Waals surface area contributed by atoms with E-state index in [9.17, 15) is 14.4 Å². The van der Waals surface area contributed by atoms with Gasteiger partial charge in [-0.15, -0.1) is 0 Å². The Kier molecular flexibility index (Phi) is 8.48. The molecule has 52 heavy (non-hydrogen) atoms. The fourth-order valence-electron chi connectivity index (χ4n) is 7.97. The molecule has 4 aromatic rings. The number of hydrogen-bond donors (Lipinski definition) is 0. The van der Waals surface area contributed by atoms with Gasteiger partial charge in [-0.25, -0.2) is 18.7 Å². The van der Waals surface area contributed by atoms with Crippen molar-refractivity contribution in [3.63, 3.8) is 0 Å². The van der Waals surface area contributed by atoms with Gasteiger partial charge >= 0.3 is 0 Å². The summed E-state index contributed by atoms with van der Waals surface area (Å²) in [6, 6.07) is 11.9. The van der Waals surface area contributed by atoms with Gasteiger partial charge in [-0.05, 0) is 73.8 Å². The lowest BCUT2D eigenvalue weighted by Gasteiger charge is -2.61. The van der Waals surface area contributed by atoms with E-state index in [2.05, 4.69) is 44.8 Å².